The molecule has 2 atom stereocenters. The molecule has 0 unspecified atom stereocenters. The molecule has 0 aliphatic rings. The van der Waals surface area contributed by atoms with Crippen LogP contribution in [0.5, 0.6) is 0 Å². The van der Waals surface area contributed by atoms with Gasteiger partial charge in [-0.05, 0) is 32.7 Å². The normalized spacial score (nSPS) is 14.4. The molecular formula is C21H41NO6Si. The molecule has 0 saturated carbocycles. The van der Waals surface area contributed by atoms with Crippen molar-refractivity contribution in [1.29, 1.82) is 0 Å². The van der Waals surface area contributed by atoms with Crippen molar-refractivity contribution in [3.63, 3.8) is 0 Å². The second kappa shape index (κ2) is 11.0. The summed E-state index contributed by atoms with van der Waals surface area (Å²) in [7, 11) is 0.156. The molecule has 7 nitrogen and oxygen atoms in total. The maximum atomic E-state index is 12.9. The summed E-state index contributed by atoms with van der Waals surface area (Å²) in [6.07, 6.45) is -1.63. The lowest BCUT2D eigenvalue weighted by Crippen LogP contribution is -2.50. The fourth-order valence-electron chi connectivity index (χ4n) is 2.52. The number of ether oxygens (including phenoxy) is 3. The third-order valence-electron chi connectivity index (χ3n) is 4.15. The Bertz CT molecular complexity index is 562. The Morgan fingerprint density at radius 1 is 0.931 bits per heavy atom. The number of hydrogen-bond donors (Lipinski definition) is 0. The third-order valence-corrected chi connectivity index (χ3v) is 5.85. The Balaban J connectivity index is 5.23. The average molecular weight is 432 g/mol. The van der Waals surface area contributed by atoms with Crippen molar-refractivity contribution in [2.24, 2.45) is 11.8 Å². The van der Waals surface area contributed by atoms with E-state index < -0.39 is 43.9 Å². The molecule has 0 rings (SSSR count). The molecule has 1 amide bonds. The summed E-state index contributed by atoms with van der Waals surface area (Å²) < 4.78 is 16.3. The van der Waals surface area contributed by atoms with Crippen molar-refractivity contribution in [1.82, 2.24) is 4.90 Å². The molecule has 0 bridgehead atoms. The predicted molar refractivity (Wildman–Crippen MR) is 116 cm³/mol. The zero-order valence-corrected chi connectivity index (χ0v) is 21.1. The summed E-state index contributed by atoms with van der Waals surface area (Å²) in [5.41, 5.74) is -0.683. The van der Waals surface area contributed by atoms with Crippen molar-refractivity contribution < 1.29 is 28.6 Å². The number of hydrogen-bond acceptors (Lipinski definition) is 6. The minimum atomic E-state index is -1.34. The van der Waals surface area contributed by atoms with Gasteiger partial charge in [-0.2, -0.15) is 0 Å². The van der Waals surface area contributed by atoms with Gasteiger partial charge in [0.1, 0.15) is 11.6 Å². The molecular weight excluding hydrogens is 390 g/mol. The molecule has 0 aliphatic heterocycles. The fourth-order valence-corrected chi connectivity index (χ4v) is 3.23. The van der Waals surface area contributed by atoms with Crippen molar-refractivity contribution in [3.05, 3.63) is 0 Å². The maximum absolute atomic E-state index is 12.9. The molecule has 0 radical (unpaired) electrons. The van der Waals surface area contributed by atoms with Crippen LogP contribution in [0.1, 0.15) is 48.5 Å². The number of esters is 2. The predicted octanol–water partition coefficient (Wildman–Crippen LogP) is 4.33. The van der Waals surface area contributed by atoms with Crippen LogP contribution >= 0.6 is 0 Å². The molecule has 170 valence electrons. The van der Waals surface area contributed by atoms with Gasteiger partial charge in [0.25, 0.3) is 0 Å². The second-order valence-electron chi connectivity index (χ2n) is 10.4. The summed E-state index contributed by atoms with van der Waals surface area (Å²) in [5.74, 6) is -1.67. The quantitative estimate of drug-likeness (QED) is 0.307. The molecule has 0 N–H and O–H groups in total. The van der Waals surface area contributed by atoms with Gasteiger partial charge >= 0.3 is 18.0 Å². The smallest absolute Gasteiger partial charge is 0.410 e. The first kappa shape index (κ1) is 27.4. The minimum Gasteiger partial charge on any atom is -0.463 e. The van der Waals surface area contributed by atoms with E-state index in [0.29, 0.717) is 6.61 Å². The summed E-state index contributed by atoms with van der Waals surface area (Å²) in [6.45, 7) is 19.4. The van der Waals surface area contributed by atoms with E-state index in [1.54, 1.807) is 34.6 Å². The highest BCUT2D eigenvalue weighted by molar-refractivity contribution is 6.76. The molecule has 0 spiro atoms. The van der Waals surface area contributed by atoms with E-state index in [1.807, 2.05) is 13.8 Å². The van der Waals surface area contributed by atoms with Gasteiger partial charge < -0.3 is 14.2 Å². The lowest BCUT2D eigenvalue weighted by atomic mass is 10.0. The fraction of sp³-hybridized carbons (Fsp3) is 0.857. The van der Waals surface area contributed by atoms with Gasteiger partial charge in [-0.1, -0.05) is 47.3 Å². The topological polar surface area (TPSA) is 82.1 Å². The van der Waals surface area contributed by atoms with Crippen molar-refractivity contribution in [2.75, 3.05) is 13.7 Å². The van der Waals surface area contributed by atoms with Crippen LogP contribution in [0.15, 0.2) is 0 Å². The average Bonchev–Trinajstić information content (AvgIpc) is 2.48. The first-order valence-electron chi connectivity index (χ1n) is 10.3. The minimum absolute atomic E-state index is 0.226. The number of nitrogens with zero attached hydrogens (tertiary/aromatic N) is 1. The highest BCUT2D eigenvalue weighted by atomic mass is 28.3. The summed E-state index contributed by atoms with van der Waals surface area (Å²) >= 11 is 0. The van der Waals surface area contributed by atoms with Crippen LogP contribution in [0.4, 0.5) is 4.79 Å². The van der Waals surface area contributed by atoms with Crippen LogP contribution in [0.3, 0.4) is 0 Å². The van der Waals surface area contributed by atoms with Crippen LogP contribution in [0.2, 0.25) is 25.7 Å². The highest BCUT2D eigenvalue weighted by Crippen LogP contribution is 2.19. The number of carbonyl (C=O) groups excluding carboxylic acids is 3. The van der Waals surface area contributed by atoms with Gasteiger partial charge in [0, 0.05) is 21.0 Å². The lowest BCUT2D eigenvalue weighted by Gasteiger charge is -2.32. The number of carbonyl (C=O) groups is 3. The first-order chi connectivity index (χ1) is 13.0. The zero-order chi connectivity index (χ0) is 23.2. The molecule has 0 aliphatic carbocycles. The molecule has 0 fully saturated rings. The Morgan fingerprint density at radius 3 is 1.83 bits per heavy atom. The Kier molecular flexibility index (Phi) is 10.4. The molecule has 0 aromatic rings. The van der Waals surface area contributed by atoms with Gasteiger partial charge in [0.05, 0.1) is 6.61 Å². The summed E-state index contributed by atoms with van der Waals surface area (Å²) in [4.78, 5) is 39.0. The standard InChI is InChI=1S/C21H41NO6Si/c1-14(2)16(22(8)20(25)28-21(5,6)7)18(23)27-17(15(3)4)19(24)26-12-13-29(9,10)11/h14-17H,12-13H2,1-11H3/t16-,17-/m0/s1. The SMILES string of the molecule is CC(C)[C@H](OC(=O)[C@H](C(C)C)N(C)C(=O)OC(C)(C)C)C(=O)OCC[Si](C)(C)C. The number of likely N-dealkylation sites (N-methyl/N-ethyl adjacent to an activating group) is 1. The molecule has 8 heteroatoms. The number of rotatable bonds is 9. The zero-order valence-electron chi connectivity index (χ0n) is 20.1. The molecule has 0 saturated heterocycles. The molecule has 0 aromatic carbocycles. The van der Waals surface area contributed by atoms with Gasteiger partial charge in [-0.15, -0.1) is 0 Å². The molecule has 0 heterocycles. The van der Waals surface area contributed by atoms with Gasteiger partial charge in [0.2, 0.25) is 6.10 Å². The largest absolute Gasteiger partial charge is 0.463 e. The summed E-state index contributed by atoms with van der Waals surface area (Å²) in [5, 5.41) is 0. The van der Waals surface area contributed by atoms with E-state index in [1.165, 1.54) is 11.9 Å². The molecule has 0 aromatic heterocycles. The van der Waals surface area contributed by atoms with Crippen molar-refractivity contribution in [2.45, 2.75) is 91.9 Å². The van der Waals surface area contributed by atoms with E-state index >= 15 is 0 Å². The van der Waals surface area contributed by atoms with Crippen LogP contribution in [-0.2, 0) is 23.8 Å². The third kappa shape index (κ3) is 10.7. The summed E-state index contributed by atoms with van der Waals surface area (Å²) in [6, 6.07) is -0.0334. The van der Waals surface area contributed by atoms with E-state index in [2.05, 4.69) is 19.6 Å². The van der Waals surface area contributed by atoms with Crippen molar-refractivity contribution >= 4 is 26.1 Å². The highest BCUT2D eigenvalue weighted by Gasteiger charge is 2.37. The lowest BCUT2D eigenvalue weighted by molar-refractivity contribution is -0.174. The van der Waals surface area contributed by atoms with Gasteiger partial charge in [-0.25, -0.2) is 14.4 Å². The molecule has 29 heavy (non-hydrogen) atoms. The van der Waals surface area contributed by atoms with E-state index in [-0.39, 0.29) is 11.8 Å². The Hall–Kier alpha value is -1.57. The van der Waals surface area contributed by atoms with Gasteiger partial charge in [0.15, 0.2) is 0 Å². The Labute approximate surface area is 177 Å². The Morgan fingerprint density at radius 2 is 1.45 bits per heavy atom. The van der Waals surface area contributed by atoms with Crippen LogP contribution in [0, 0.1) is 11.8 Å². The van der Waals surface area contributed by atoms with E-state index in [0.717, 1.165) is 6.04 Å². The second-order valence-corrected chi connectivity index (χ2v) is 16.0. The van der Waals surface area contributed by atoms with Crippen LogP contribution in [-0.4, -0.2) is 62.4 Å². The first-order valence-corrected chi connectivity index (χ1v) is 14.0. The van der Waals surface area contributed by atoms with Crippen LogP contribution in [0.25, 0.3) is 0 Å². The van der Waals surface area contributed by atoms with Crippen LogP contribution < -0.4 is 0 Å². The monoisotopic (exact) mass is 431 g/mol. The maximum Gasteiger partial charge on any atom is 0.410 e. The van der Waals surface area contributed by atoms with E-state index in [4.69, 9.17) is 14.2 Å². The van der Waals surface area contributed by atoms with Gasteiger partial charge in [-0.3, -0.25) is 4.90 Å². The van der Waals surface area contributed by atoms with E-state index in [9.17, 15) is 14.4 Å². The van der Waals surface area contributed by atoms with Crippen molar-refractivity contribution in [3.8, 4) is 0 Å². The number of amides is 1.